The Kier molecular flexibility index (Phi) is 7.68. The Morgan fingerprint density at radius 2 is 0.929 bits per heavy atom. The van der Waals surface area contributed by atoms with Crippen LogP contribution in [0, 0.1) is 0 Å². The van der Waals surface area contributed by atoms with Gasteiger partial charge in [0.15, 0.2) is 0 Å². The first-order valence-electron chi connectivity index (χ1n) is 24.6. The second-order valence-corrected chi connectivity index (χ2v) is 21.4. The molecule has 0 amide bonds. The number of anilines is 3. The van der Waals surface area contributed by atoms with Gasteiger partial charge in [0.25, 0.3) is 0 Å². The van der Waals surface area contributed by atoms with Crippen molar-refractivity contribution < 1.29 is 8.83 Å². The van der Waals surface area contributed by atoms with Crippen LogP contribution in [0.2, 0.25) is 0 Å². The summed E-state index contributed by atoms with van der Waals surface area (Å²) in [5.74, 6) is 0. The molecule has 0 saturated heterocycles. The third-order valence-electron chi connectivity index (χ3n) is 16.6. The lowest BCUT2D eigenvalue weighted by atomic mass is 9.72. The highest BCUT2D eigenvalue weighted by Gasteiger charge is 2.49. The van der Waals surface area contributed by atoms with Gasteiger partial charge in [-0.2, -0.15) is 0 Å². The van der Waals surface area contributed by atoms with Crippen molar-refractivity contribution in [3.05, 3.63) is 216 Å². The van der Waals surface area contributed by atoms with Crippen molar-refractivity contribution in [2.45, 2.75) is 57.8 Å². The molecule has 0 saturated carbocycles. The van der Waals surface area contributed by atoms with Crippen LogP contribution in [0.1, 0.15) is 74.9 Å². The largest absolute Gasteiger partial charge is 0.455 e. The lowest BCUT2D eigenvalue weighted by molar-refractivity contribution is 0.600. The number of furan rings is 2. The van der Waals surface area contributed by atoms with E-state index in [1.54, 1.807) is 0 Å². The van der Waals surface area contributed by atoms with E-state index in [9.17, 15) is 0 Å². The Labute approximate surface area is 406 Å². The maximum absolute atomic E-state index is 7.06. The van der Waals surface area contributed by atoms with E-state index >= 15 is 0 Å². The van der Waals surface area contributed by atoms with Gasteiger partial charge in [-0.3, -0.25) is 4.98 Å². The number of benzene rings is 9. The molecular formula is C66H48N2O2. The second kappa shape index (κ2) is 13.5. The molecule has 0 radical (unpaired) electrons. The third-order valence-corrected chi connectivity index (χ3v) is 16.6. The maximum atomic E-state index is 7.06. The van der Waals surface area contributed by atoms with Gasteiger partial charge in [-0.1, -0.05) is 151 Å². The lowest BCUT2D eigenvalue weighted by Crippen LogP contribution is -2.24. The van der Waals surface area contributed by atoms with Crippen LogP contribution < -0.4 is 4.90 Å². The van der Waals surface area contributed by atoms with Crippen molar-refractivity contribution in [2.75, 3.05) is 4.90 Å². The van der Waals surface area contributed by atoms with Gasteiger partial charge in [-0.25, -0.2) is 0 Å². The molecule has 334 valence electrons. The van der Waals surface area contributed by atoms with E-state index < -0.39 is 0 Å². The van der Waals surface area contributed by atoms with Crippen LogP contribution in [0.15, 0.2) is 191 Å². The van der Waals surface area contributed by atoms with Crippen LogP contribution in [-0.2, 0) is 16.2 Å². The monoisotopic (exact) mass is 900 g/mol. The summed E-state index contributed by atoms with van der Waals surface area (Å²) in [6, 6.07) is 64.5. The zero-order chi connectivity index (χ0) is 47.0. The zero-order valence-corrected chi connectivity index (χ0v) is 40.0. The summed E-state index contributed by atoms with van der Waals surface area (Å²) in [5, 5.41) is 7.09. The summed E-state index contributed by atoms with van der Waals surface area (Å²) in [6.07, 6.45) is 1.87. The van der Waals surface area contributed by atoms with Crippen molar-refractivity contribution in [1.82, 2.24) is 4.98 Å². The Bertz CT molecular complexity index is 4280. The fraction of sp³-hybridized carbons (Fsp3) is 0.136. The molecule has 0 bridgehead atoms. The Balaban J connectivity index is 0.962. The number of hydrogen-bond donors (Lipinski definition) is 0. The molecule has 4 heteroatoms. The average Bonchev–Trinajstić information content (AvgIpc) is 4.13. The molecule has 3 aliphatic rings. The lowest BCUT2D eigenvalue weighted by Gasteiger charge is -2.32. The molecular weight excluding hydrogens is 853 g/mol. The highest BCUT2D eigenvalue weighted by Crippen LogP contribution is 2.64. The smallest absolute Gasteiger partial charge is 0.145 e. The van der Waals surface area contributed by atoms with Gasteiger partial charge >= 0.3 is 0 Å². The molecule has 3 heterocycles. The van der Waals surface area contributed by atoms with E-state index in [-0.39, 0.29) is 16.2 Å². The molecule has 3 aliphatic carbocycles. The molecule has 0 spiro atoms. The van der Waals surface area contributed by atoms with Gasteiger partial charge in [-0.15, -0.1) is 0 Å². The molecule has 4 nitrogen and oxygen atoms in total. The molecule has 0 unspecified atom stereocenters. The quantitative estimate of drug-likeness (QED) is 0.176. The van der Waals surface area contributed by atoms with Gasteiger partial charge in [0.2, 0.25) is 0 Å². The SMILES string of the molecule is CC1(C)c2cc(N(c3ccc4c(c3)C(C)(C)c3c5c(c6c(oc7ccccc76)c3-4)-c3ccccc3C5(C)C)c3ccc4ccccc4c3)ccc2-c2c1cc(-c1ccccn1)c1oc3ccccc3c21. The summed E-state index contributed by atoms with van der Waals surface area (Å²) in [4.78, 5) is 7.33. The minimum atomic E-state index is -0.349. The number of para-hydroxylation sites is 2. The molecule has 0 aliphatic heterocycles. The topological polar surface area (TPSA) is 42.4 Å². The number of fused-ring (bicyclic) bond motifs is 20. The van der Waals surface area contributed by atoms with Gasteiger partial charge in [0, 0.05) is 72.2 Å². The molecule has 70 heavy (non-hydrogen) atoms. The van der Waals surface area contributed by atoms with Crippen LogP contribution in [0.4, 0.5) is 17.1 Å². The van der Waals surface area contributed by atoms with Gasteiger partial charge in [0.1, 0.15) is 22.3 Å². The summed E-state index contributed by atoms with van der Waals surface area (Å²) in [7, 11) is 0. The molecule has 0 atom stereocenters. The predicted octanol–water partition coefficient (Wildman–Crippen LogP) is 18.1. The van der Waals surface area contributed by atoms with Crippen molar-refractivity contribution >= 4 is 71.7 Å². The summed E-state index contributed by atoms with van der Waals surface area (Å²) in [6.45, 7) is 14.5. The van der Waals surface area contributed by atoms with Crippen LogP contribution in [-0.4, -0.2) is 4.98 Å². The van der Waals surface area contributed by atoms with Gasteiger partial charge < -0.3 is 13.7 Å². The minimum Gasteiger partial charge on any atom is -0.455 e. The van der Waals surface area contributed by atoms with Crippen molar-refractivity contribution in [2.24, 2.45) is 0 Å². The van der Waals surface area contributed by atoms with Crippen LogP contribution in [0.3, 0.4) is 0 Å². The number of aromatic nitrogens is 1. The standard InChI is InChI=1S/C66H48N2O2/c1-64(2)49-34-40(28-30-43(49)55-51(64)36-47(52-23-15-16-32-67-52)62-57(55)45-20-10-13-24-53(45)69-62)68(39-27-26-37-17-7-8-18-38(37)33-39)41-29-31-44-50(35-41)66(5,6)61-59(44)63-58(46-21-11-14-25-54(46)70-63)56-42-19-9-12-22-48(42)65(3,4)60(56)61/h7-36H,1-6H3. The van der Waals surface area contributed by atoms with Gasteiger partial charge in [-0.05, 0) is 139 Å². The Morgan fingerprint density at radius 1 is 0.386 bits per heavy atom. The van der Waals surface area contributed by atoms with E-state index in [1.165, 1.54) is 88.3 Å². The third kappa shape index (κ3) is 5.03. The molecule has 15 rings (SSSR count). The Morgan fingerprint density at radius 3 is 1.66 bits per heavy atom. The van der Waals surface area contributed by atoms with Crippen molar-refractivity contribution in [1.29, 1.82) is 0 Å². The molecule has 9 aromatic carbocycles. The van der Waals surface area contributed by atoms with E-state index in [4.69, 9.17) is 13.8 Å². The highest BCUT2D eigenvalue weighted by molar-refractivity contribution is 6.21. The number of rotatable bonds is 4. The maximum Gasteiger partial charge on any atom is 0.145 e. The second-order valence-electron chi connectivity index (χ2n) is 21.4. The molecule has 3 aromatic heterocycles. The van der Waals surface area contributed by atoms with Gasteiger partial charge in [0.05, 0.1) is 5.69 Å². The summed E-state index contributed by atoms with van der Waals surface area (Å²) >= 11 is 0. The minimum absolute atomic E-state index is 0.219. The first-order valence-corrected chi connectivity index (χ1v) is 24.6. The molecule has 0 fully saturated rings. The predicted molar refractivity (Wildman–Crippen MR) is 289 cm³/mol. The Hall–Kier alpha value is -8.21. The zero-order valence-electron chi connectivity index (χ0n) is 40.0. The van der Waals surface area contributed by atoms with Crippen LogP contribution in [0.5, 0.6) is 0 Å². The summed E-state index contributed by atoms with van der Waals surface area (Å²) < 4.78 is 13.8. The van der Waals surface area contributed by atoms with E-state index in [0.29, 0.717) is 0 Å². The number of hydrogen-bond acceptors (Lipinski definition) is 4. The van der Waals surface area contributed by atoms with E-state index in [2.05, 4.69) is 216 Å². The first kappa shape index (κ1) is 39.8. The van der Waals surface area contributed by atoms with Crippen molar-refractivity contribution in [3.63, 3.8) is 0 Å². The van der Waals surface area contributed by atoms with Crippen LogP contribution >= 0.6 is 0 Å². The number of pyridine rings is 1. The first-order chi connectivity index (χ1) is 34.0. The molecule has 12 aromatic rings. The fourth-order valence-electron chi connectivity index (χ4n) is 13.4. The van der Waals surface area contributed by atoms with E-state index in [1.807, 2.05) is 12.3 Å². The van der Waals surface area contributed by atoms with Crippen LogP contribution in [0.25, 0.3) is 99.3 Å². The van der Waals surface area contributed by atoms with E-state index in [0.717, 1.165) is 61.4 Å². The normalized spacial score (nSPS) is 15.3. The van der Waals surface area contributed by atoms with Crippen molar-refractivity contribution in [3.8, 4) is 44.6 Å². The number of nitrogens with zero attached hydrogens (tertiary/aromatic N) is 2. The highest BCUT2D eigenvalue weighted by atomic mass is 16.3. The summed E-state index contributed by atoms with van der Waals surface area (Å²) in [5.41, 5.74) is 23.7. The average molecular weight is 901 g/mol. The fourth-order valence-corrected chi connectivity index (χ4v) is 13.4. The molecule has 0 N–H and O–H groups in total.